The minimum Gasteiger partial charge on any atom is -0.457 e. The second-order valence-electron chi connectivity index (χ2n) is 9.27. The molecule has 0 bridgehead atoms. The predicted octanol–water partition coefficient (Wildman–Crippen LogP) is 4.38. The molecule has 3 atom stereocenters. The van der Waals surface area contributed by atoms with Gasteiger partial charge in [-0.1, -0.05) is 30.0 Å². The van der Waals surface area contributed by atoms with Gasteiger partial charge in [-0.3, -0.25) is 9.69 Å². The SMILES string of the molecule is CNC1CCN(C(=O)[C@H]2Sc3nccc4c3C2NC(=O)N4c2ccc(Oc3ccccc3)cc2C)C1. The molecule has 1 aromatic heterocycles. The van der Waals surface area contributed by atoms with Crippen molar-refractivity contribution in [1.82, 2.24) is 20.5 Å². The minimum absolute atomic E-state index is 0.0547. The Morgan fingerprint density at radius 1 is 1.14 bits per heavy atom. The topological polar surface area (TPSA) is 86.8 Å². The molecule has 0 spiro atoms. The van der Waals surface area contributed by atoms with Crippen molar-refractivity contribution in [2.24, 2.45) is 0 Å². The van der Waals surface area contributed by atoms with Gasteiger partial charge in [0.2, 0.25) is 5.91 Å². The van der Waals surface area contributed by atoms with Gasteiger partial charge in [-0.2, -0.15) is 0 Å². The first-order chi connectivity index (χ1) is 17.5. The molecule has 0 saturated carbocycles. The van der Waals surface area contributed by atoms with Gasteiger partial charge in [-0.25, -0.2) is 9.78 Å². The van der Waals surface area contributed by atoms with E-state index in [2.05, 4.69) is 15.6 Å². The van der Waals surface area contributed by atoms with Crippen molar-refractivity contribution in [1.29, 1.82) is 0 Å². The number of aryl methyl sites for hydroxylation is 1. The fourth-order valence-corrected chi connectivity index (χ4v) is 6.51. The molecule has 8 nitrogen and oxygen atoms in total. The molecule has 9 heteroatoms. The Kier molecular flexibility index (Phi) is 5.81. The number of ether oxygens (including phenoxy) is 1. The van der Waals surface area contributed by atoms with Gasteiger partial charge in [0.1, 0.15) is 21.8 Å². The first-order valence-corrected chi connectivity index (χ1v) is 13.0. The normalized spacial score (nSPS) is 22.4. The maximum absolute atomic E-state index is 13.5. The zero-order chi connectivity index (χ0) is 24.8. The van der Waals surface area contributed by atoms with E-state index in [-0.39, 0.29) is 11.9 Å². The summed E-state index contributed by atoms with van der Waals surface area (Å²) in [5.74, 6) is 1.50. The van der Waals surface area contributed by atoms with Crippen LogP contribution >= 0.6 is 11.8 Å². The first kappa shape index (κ1) is 22.9. The number of hydrogen-bond donors (Lipinski definition) is 2. The summed E-state index contributed by atoms with van der Waals surface area (Å²) in [6, 6.07) is 16.8. The summed E-state index contributed by atoms with van der Waals surface area (Å²) in [6.07, 6.45) is 2.65. The third-order valence-corrected chi connectivity index (χ3v) is 8.32. The van der Waals surface area contributed by atoms with Crippen LogP contribution in [0.25, 0.3) is 0 Å². The van der Waals surface area contributed by atoms with E-state index >= 15 is 0 Å². The Labute approximate surface area is 214 Å². The van der Waals surface area contributed by atoms with Gasteiger partial charge in [0.05, 0.1) is 17.4 Å². The van der Waals surface area contributed by atoms with Gasteiger partial charge in [-0.15, -0.1) is 0 Å². The van der Waals surface area contributed by atoms with E-state index in [0.717, 1.165) is 46.2 Å². The number of pyridine rings is 1. The molecule has 0 radical (unpaired) electrons. The summed E-state index contributed by atoms with van der Waals surface area (Å²) in [6.45, 7) is 3.37. The Morgan fingerprint density at radius 2 is 1.97 bits per heavy atom. The van der Waals surface area contributed by atoms with Gasteiger partial charge in [0.25, 0.3) is 0 Å². The van der Waals surface area contributed by atoms with E-state index in [0.29, 0.717) is 18.3 Å². The van der Waals surface area contributed by atoms with Crippen LogP contribution in [0.1, 0.15) is 23.6 Å². The number of anilines is 2. The lowest BCUT2D eigenvalue weighted by Crippen LogP contribution is -2.49. The number of benzene rings is 2. The van der Waals surface area contributed by atoms with Crippen LogP contribution in [0.3, 0.4) is 0 Å². The Balaban J connectivity index is 1.29. The van der Waals surface area contributed by atoms with E-state index in [1.165, 1.54) is 11.8 Å². The molecule has 3 amide bonds. The van der Waals surface area contributed by atoms with Gasteiger partial charge in [-0.05, 0) is 62.4 Å². The first-order valence-electron chi connectivity index (χ1n) is 12.1. The number of carbonyl (C=O) groups excluding carboxylic acids is 2. The van der Waals surface area contributed by atoms with Crippen LogP contribution in [0.2, 0.25) is 0 Å². The van der Waals surface area contributed by atoms with Crippen molar-refractivity contribution in [3.8, 4) is 11.5 Å². The number of thioether (sulfide) groups is 1. The predicted molar refractivity (Wildman–Crippen MR) is 139 cm³/mol. The average Bonchev–Trinajstić information content (AvgIpc) is 3.51. The van der Waals surface area contributed by atoms with Crippen molar-refractivity contribution in [2.75, 3.05) is 25.0 Å². The van der Waals surface area contributed by atoms with Gasteiger partial charge in [0, 0.05) is 30.9 Å². The van der Waals surface area contributed by atoms with E-state index in [9.17, 15) is 9.59 Å². The minimum atomic E-state index is -0.418. The molecule has 3 aliphatic rings. The van der Waals surface area contributed by atoms with Gasteiger partial charge in [0.15, 0.2) is 0 Å². The summed E-state index contributed by atoms with van der Waals surface area (Å²) >= 11 is 1.45. The van der Waals surface area contributed by atoms with Crippen LogP contribution in [-0.4, -0.2) is 53.3 Å². The molecule has 36 heavy (non-hydrogen) atoms. The molecule has 2 N–H and O–H groups in total. The lowest BCUT2D eigenvalue weighted by molar-refractivity contribution is -0.130. The highest BCUT2D eigenvalue weighted by molar-refractivity contribution is 8.01. The van der Waals surface area contributed by atoms with Crippen LogP contribution in [0.4, 0.5) is 16.2 Å². The molecule has 6 rings (SSSR count). The smallest absolute Gasteiger partial charge is 0.327 e. The van der Waals surface area contributed by atoms with Crippen LogP contribution in [-0.2, 0) is 4.79 Å². The van der Waals surface area contributed by atoms with Crippen molar-refractivity contribution in [2.45, 2.75) is 35.7 Å². The fourth-order valence-electron chi connectivity index (χ4n) is 5.20. The average molecular weight is 502 g/mol. The third-order valence-electron chi connectivity index (χ3n) is 7.05. The highest BCUT2D eigenvalue weighted by atomic mass is 32.2. The number of carbonyl (C=O) groups is 2. The number of likely N-dealkylation sites (N-methyl/N-ethyl adjacent to an activating group) is 1. The Morgan fingerprint density at radius 3 is 2.72 bits per heavy atom. The lowest BCUT2D eigenvalue weighted by atomic mass is 9.99. The third kappa shape index (κ3) is 3.88. The molecule has 184 valence electrons. The van der Waals surface area contributed by atoms with E-state index < -0.39 is 11.3 Å². The number of nitrogens with one attached hydrogen (secondary N) is 2. The van der Waals surface area contributed by atoms with Gasteiger partial charge >= 0.3 is 6.03 Å². The molecule has 2 aromatic carbocycles. The number of rotatable bonds is 5. The zero-order valence-corrected chi connectivity index (χ0v) is 20.9. The van der Waals surface area contributed by atoms with E-state index in [1.807, 2.05) is 73.5 Å². The quantitative estimate of drug-likeness (QED) is 0.540. The number of likely N-dealkylation sites (tertiary alicyclic amines) is 1. The maximum atomic E-state index is 13.5. The molecule has 1 saturated heterocycles. The summed E-state index contributed by atoms with van der Waals surface area (Å²) in [4.78, 5) is 35.1. The second kappa shape index (κ2) is 9.15. The van der Waals surface area contributed by atoms with Crippen LogP contribution in [0, 0.1) is 6.92 Å². The number of nitrogens with zero attached hydrogens (tertiary/aromatic N) is 3. The second-order valence-corrected chi connectivity index (χ2v) is 10.4. The van der Waals surface area contributed by atoms with Crippen molar-refractivity contribution < 1.29 is 14.3 Å². The van der Waals surface area contributed by atoms with Crippen LogP contribution in [0.15, 0.2) is 65.8 Å². The molecule has 4 heterocycles. The summed E-state index contributed by atoms with van der Waals surface area (Å²) in [5, 5.41) is 6.75. The number of amides is 3. The molecule has 3 aliphatic heterocycles. The van der Waals surface area contributed by atoms with Crippen molar-refractivity contribution in [3.05, 3.63) is 71.9 Å². The summed E-state index contributed by atoms with van der Waals surface area (Å²) in [7, 11) is 1.92. The monoisotopic (exact) mass is 501 g/mol. The molecule has 3 aromatic rings. The standard InChI is InChI=1S/C27H27N5O3S/c1-16-14-19(35-18-6-4-3-5-7-18)8-9-20(16)32-21-10-12-29-25-22(21)23(30-27(32)34)24(36-25)26(33)31-13-11-17(15-31)28-2/h3-10,12,14,17,23-24,28H,11,13,15H2,1-2H3,(H,30,34)/t17?,23?,24-/m0/s1. The van der Waals surface area contributed by atoms with Crippen LogP contribution < -0.4 is 20.3 Å². The number of para-hydroxylation sites is 1. The maximum Gasteiger partial charge on any atom is 0.327 e. The summed E-state index contributed by atoms with van der Waals surface area (Å²) in [5.41, 5.74) is 3.34. The molecule has 1 fully saturated rings. The van der Waals surface area contributed by atoms with Crippen molar-refractivity contribution in [3.63, 3.8) is 0 Å². The van der Waals surface area contributed by atoms with Crippen LogP contribution in [0.5, 0.6) is 11.5 Å². The van der Waals surface area contributed by atoms with Gasteiger partial charge < -0.3 is 20.3 Å². The molecular weight excluding hydrogens is 474 g/mol. The van der Waals surface area contributed by atoms with E-state index in [4.69, 9.17) is 4.74 Å². The zero-order valence-electron chi connectivity index (χ0n) is 20.1. The summed E-state index contributed by atoms with van der Waals surface area (Å²) < 4.78 is 5.97. The Hall–Kier alpha value is -3.56. The number of hydrogen-bond acceptors (Lipinski definition) is 6. The number of aromatic nitrogens is 1. The highest BCUT2D eigenvalue weighted by Gasteiger charge is 2.48. The Bertz CT molecular complexity index is 1330. The number of urea groups is 1. The molecule has 0 aliphatic carbocycles. The van der Waals surface area contributed by atoms with E-state index in [1.54, 1.807) is 11.1 Å². The largest absolute Gasteiger partial charge is 0.457 e. The molecule has 2 unspecified atom stereocenters. The van der Waals surface area contributed by atoms with Crippen molar-refractivity contribution >= 4 is 35.1 Å². The fraction of sp³-hybridized carbons (Fsp3) is 0.296. The molecular formula is C27H27N5O3S. The lowest BCUT2D eigenvalue weighted by Gasteiger charge is -2.35. The highest BCUT2D eigenvalue weighted by Crippen LogP contribution is 2.51.